The zero-order valence-electron chi connectivity index (χ0n) is 13.7. The van der Waals surface area contributed by atoms with Crippen LogP contribution in [0.2, 0.25) is 0 Å². The minimum Gasteiger partial charge on any atom is -0.472 e. The fraction of sp³-hybridized carbons (Fsp3) is 0.105. The average Bonchev–Trinajstić information content (AvgIpc) is 3.34. The number of nitrogens with one attached hydrogen (secondary N) is 1. The number of benzene rings is 1. The van der Waals surface area contributed by atoms with Crippen LogP contribution in [-0.4, -0.2) is 21.6 Å². The van der Waals surface area contributed by atoms with Crippen LogP contribution in [0.1, 0.15) is 5.56 Å². The van der Waals surface area contributed by atoms with Gasteiger partial charge >= 0.3 is 0 Å². The highest BCUT2D eigenvalue weighted by molar-refractivity contribution is 8.01. The molecule has 5 nitrogen and oxygen atoms in total. The second kappa shape index (κ2) is 7.72. The van der Waals surface area contributed by atoms with Crippen molar-refractivity contribution in [2.45, 2.75) is 10.9 Å². The number of carbonyl (C=O) groups is 1. The summed E-state index contributed by atoms with van der Waals surface area (Å²) in [5.41, 5.74) is 3.72. The van der Waals surface area contributed by atoms with Gasteiger partial charge in [-0.1, -0.05) is 30.0 Å². The van der Waals surface area contributed by atoms with Crippen LogP contribution in [0.15, 0.2) is 69.9 Å². The summed E-state index contributed by atoms with van der Waals surface area (Å²) in [5.74, 6) is 0.327. The van der Waals surface area contributed by atoms with Crippen molar-refractivity contribution in [3.05, 3.63) is 66.8 Å². The lowest BCUT2D eigenvalue weighted by Crippen LogP contribution is -2.24. The molecule has 4 rings (SSSR count). The Labute approximate surface area is 158 Å². The summed E-state index contributed by atoms with van der Waals surface area (Å²) in [7, 11) is 0. The Morgan fingerprint density at radius 3 is 2.88 bits per heavy atom. The van der Waals surface area contributed by atoms with E-state index in [0.29, 0.717) is 12.3 Å². The molecule has 0 unspecified atom stereocenters. The van der Waals surface area contributed by atoms with Crippen LogP contribution in [0.25, 0.3) is 21.5 Å². The molecule has 3 aromatic heterocycles. The van der Waals surface area contributed by atoms with Crippen LogP contribution in [-0.2, 0) is 11.3 Å². The quantitative estimate of drug-likeness (QED) is 0.503. The molecule has 0 fully saturated rings. The summed E-state index contributed by atoms with van der Waals surface area (Å²) < 4.78 is 7.10. The van der Waals surface area contributed by atoms with E-state index in [4.69, 9.17) is 4.42 Å². The number of hydrogen-bond acceptors (Lipinski definition) is 6. The number of furan rings is 1. The van der Waals surface area contributed by atoms with E-state index in [-0.39, 0.29) is 5.91 Å². The third kappa shape index (κ3) is 3.95. The molecule has 0 saturated heterocycles. The van der Waals surface area contributed by atoms with E-state index in [9.17, 15) is 4.79 Å². The lowest BCUT2D eigenvalue weighted by molar-refractivity contribution is -0.118. The lowest BCUT2D eigenvalue weighted by atomic mass is 10.2. The van der Waals surface area contributed by atoms with Gasteiger partial charge in [0.05, 0.1) is 34.2 Å². The Kier molecular flexibility index (Phi) is 4.99. The third-order valence-corrected chi connectivity index (χ3v) is 5.91. The summed E-state index contributed by atoms with van der Waals surface area (Å²) in [6.45, 7) is 0.456. The second-order valence-electron chi connectivity index (χ2n) is 5.58. The van der Waals surface area contributed by atoms with Gasteiger partial charge in [0.2, 0.25) is 5.91 Å². The van der Waals surface area contributed by atoms with Crippen LogP contribution in [0, 0.1) is 0 Å². The first-order valence-corrected chi connectivity index (χ1v) is 9.81. The summed E-state index contributed by atoms with van der Waals surface area (Å²) in [6, 6.07) is 13.7. The zero-order chi connectivity index (χ0) is 17.8. The highest BCUT2D eigenvalue weighted by Gasteiger charge is 2.08. The molecule has 7 heteroatoms. The SMILES string of the molecule is O=C(CSc1nc2ccccc2s1)NCc1ccc(-c2ccoc2)nc1. The molecular formula is C19H15N3O2S2. The molecule has 0 saturated carbocycles. The van der Waals surface area contributed by atoms with Gasteiger partial charge in [0, 0.05) is 18.3 Å². The van der Waals surface area contributed by atoms with E-state index < -0.39 is 0 Å². The van der Waals surface area contributed by atoms with Gasteiger partial charge in [0.15, 0.2) is 4.34 Å². The molecule has 3 heterocycles. The van der Waals surface area contributed by atoms with Gasteiger partial charge in [-0.2, -0.15) is 0 Å². The molecule has 0 spiro atoms. The standard InChI is InChI=1S/C19H15N3O2S2/c23-18(12-25-19-22-16-3-1-2-4-17(16)26-19)21-10-13-5-6-15(20-9-13)14-7-8-24-11-14/h1-9,11H,10,12H2,(H,21,23). The van der Waals surface area contributed by atoms with E-state index in [1.165, 1.54) is 11.8 Å². The van der Waals surface area contributed by atoms with E-state index >= 15 is 0 Å². The van der Waals surface area contributed by atoms with Crippen LogP contribution < -0.4 is 5.32 Å². The van der Waals surface area contributed by atoms with E-state index in [1.807, 2.05) is 42.5 Å². The highest BCUT2D eigenvalue weighted by Crippen LogP contribution is 2.29. The van der Waals surface area contributed by atoms with Crippen molar-refractivity contribution in [1.82, 2.24) is 15.3 Å². The molecule has 0 bridgehead atoms. The Morgan fingerprint density at radius 2 is 2.12 bits per heavy atom. The van der Waals surface area contributed by atoms with Crippen molar-refractivity contribution in [1.29, 1.82) is 0 Å². The number of carbonyl (C=O) groups excluding carboxylic acids is 1. The van der Waals surface area contributed by atoms with E-state index in [2.05, 4.69) is 15.3 Å². The van der Waals surface area contributed by atoms with Crippen molar-refractivity contribution < 1.29 is 9.21 Å². The smallest absolute Gasteiger partial charge is 0.230 e. The number of amides is 1. The molecule has 130 valence electrons. The summed E-state index contributed by atoms with van der Waals surface area (Å²) in [6.07, 6.45) is 5.04. The van der Waals surface area contributed by atoms with Crippen LogP contribution in [0.3, 0.4) is 0 Å². The maximum atomic E-state index is 12.1. The Bertz CT molecular complexity index is 978. The molecule has 1 aromatic carbocycles. The molecule has 0 aliphatic rings. The number of pyridine rings is 1. The fourth-order valence-electron chi connectivity index (χ4n) is 2.40. The van der Waals surface area contributed by atoms with Gasteiger partial charge in [-0.05, 0) is 29.8 Å². The predicted octanol–water partition coefficient (Wildman–Crippen LogP) is 4.36. The van der Waals surface area contributed by atoms with E-state index in [0.717, 1.165) is 31.4 Å². The summed E-state index contributed by atoms with van der Waals surface area (Å²) in [5, 5.41) is 2.92. The van der Waals surface area contributed by atoms with Gasteiger partial charge < -0.3 is 9.73 Å². The highest BCUT2D eigenvalue weighted by atomic mass is 32.2. The van der Waals surface area contributed by atoms with Crippen LogP contribution in [0.5, 0.6) is 0 Å². The first-order valence-electron chi connectivity index (χ1n) is 8.00. The number of thioether (sulfide) groups is 1. The molecule has 0 radical (unpaired) electrons. The Hall–Kier alpha value is -2.64. The number of aromatic nitrogens is 2. The van der Waals surface area contributed by atoms with Crippen LogP contribution >= 0.6 is 23.1 Å². The van der Waals surface area contributed by atoms with Gasteiger partial charge in [0.1, 0.15) is 0 Å². The summed E-state index contributed by atoms with van der Waals surface area (Å²) in [4.78, 5) is 21.0. The minimum absolute atomic E-state index is 0.0202. The third-order valence-electron chi connectivity index (χ3n) is 3.73. The largest absolute Gasteiger partial charge is 0.472 e. The topological polar surface area (TPSA) is 68.0 Å². The number of hydrogen-bond donors (Lipinski definition) is 1. The Morgan fingerprint density at radius 1 is 1.19 bits per heavy atom. The number of nitrogens with zero attached hydrogens (tertiary/aromatic N) is 2. The number of para-hydroxylation sites is 1. The predicted molar refractivity (Wildman–Crippen MR) is 104 cm³/mol. The minimum atomic E-state index is -0.0202. The molecule has 1 N–H and O–H groups in total. The molecule has 0 aliphatic heterocycles. The average molecular weight is 381 g/mol. The number of thiazole rings is 1. The number of rotatable bonds is 6. The van der Waals surface area contributed by atoms with Gasteiger partial charge in [0.25, 0.3) is 0 Å². The van der Waals surface area contributed by atoms with Crippen LogP contribution in [0.4, 0.5) is 0 Å². The van der Waals surface area contributed by atoms with Crippen molar-refractivity contribution in [3.8, 4) is 11.3 Å². The normalized spacial score (nSPS) is 10.9. The summed E-state index contributed by atoms with van der Waals surface area (Å²) >= 11 is 3.07. The first kappa shape index (κ1) is 16.8. The number of fused-ring (bicyclic) bond motifs is 1. The maximum Gasteiger partial charge on any atom is 0.230 e. The zero-order valence-corrected chi connectivity index (χ0v) is 15.3. The van der Waals surface area contributed by atoms with Gasteiger partial charge in [-0.15, -0.1) is 11.3 Å². The lowest BCUT2D eigenvalue weighted by Gasteiger charge is -2.05. The van der Waals surface area contributed by atoms with E-state index in [1.54, 1.807) is 30.1 Å². The van der Waals surface area contributed by atoms with Crippen molar-refractivity contribution in [3.63, 3.8) is 0 Å². The molecule has 26 heavy (non-hydrogen) atoms. The van der Waals surface area contributed by atoms with Gasteiger partial charge in [-0.25, -0.2) is 4.98 Å². The first-order chi connectivity index (χ1) is 12.8. The monoisotopic (exact) mass is 381 g/mol. The Balaban J connectivity index is 1.28. The second-order valence-corrected chi connectivity index (χ2v) is 7.83. The fourth-order valence-corrected chi connectivity index (χ4v) is 4.30. The molecule has 4 aromatic rings. The molecule has 0 aliphatic carbocycles. The van der Waals surface area contributed by atoms with Gasteiger partial charge in [-0.3, -0.25) is 9.78 Å². The maximum absolute atomic E-state index is 12.1. The van der Waals surface area contributed by atoms with Crippen molar-refractivity contribution >= 4 is 39.2 Å². The van der Waals surface area contributed by atoms with Crippen molar-refractivity contribution in [2.75, 3.05) is 5.75 Å². The van der Waals surface area contributed by atoms with Crippen molar-refractivity contribution in [2.24, 2.45) is 0 Å². The molecule has 1 amide bonds. The molecular weight excluding hydrogens is 366 g/mol. The molecule has 0 atom stereocenters.